The molecule has 0 saturated carbocycles. The van der Waals surface area contributed by atoms with Crippen molar-refractivity contribution in [3.63, 3.8) is 0 Å². The number of rotatable bonds is 10. The summed E-state index contributed by atoms with van der Waals surface area (Å²) >= 11 is 1.25. The Labute approximate surface area is 252 Å². The molecule has 0 spiro atoms. The fourth-order valence-electron chi connectivity index (χ4n) is 4.82. The molecule has 10 heteroatoms. The van der Waals surface area contributed by atoms with Crippen molar-refractivity contribution >= 4 is 29.0 Å². The summed E-state index contributed by atoms with van der Waals surface area (Å²) in [5, 5.41) is 11.9. The summed E-state index contributed by atoms with van der Waals surface area (Å²) in [7, 11) is 0. The smallest absolute Gasteiger partial charge is 0.271 e. The van der Waals surface area contributed by atoms with Crippen LogP contribution in [-0.4, -0.2) is 30.3 Å². The van der Waals surface area contributed by atoms with E-state index in [1.807, 2.05) is 74.5 Å². The lowest BCUT2D eigenvalue weighted by atomic mass is 9.95. The molecule has 218 valence electrons. The van der Waals surface area contributed by atoms with E-state index in [0.29, 0.717) is 62.3 Å². The van der Waals surface area contributed by atoms with E-state index in [-0.39, 0.29) is 18.1 Å². The number of benzene rings is 3. The zero-order valence-corrected chi connectivity index (χ0v) is 24.8. The van der Waals surface area contributed by atoms with Crippen molar-refractivity contribution in [2.75, 3.05) is 25.1 Å². The number of nitrogens with zero attached hydrogens (tertiary/aromatic N) is 3. The van der Waals surface area contributed by atoms with Crippen LogP contribution in [0.5, 0.6) is 17.2 Å². The number of hydrogen-bond donors (Lipinski definition) is 1. The Kier molecular flexibility index (Phi) is 9.03. The Morgan fingerprint density at radius 2 is 1.77 bits per heavy atom. The minimum Gasteiger partial charge on any atom is -0.494 e. The number of thiazole rings is 1. The predicted molar refractivity (Wildman–Crippen MR) is 165 cm³/mol. The molecular weight excluding hydrogens is 564 g/mol. The summed E-state index contributed by atoms with van der Waals surface area (Å²) in [5.41, 5.74) is 2.74. The highest BCUT2D eigenvalue weighted by Crippen LogP contribution is 2.32. The number of aromatic nitrogens is 1. The Bertz CT molecular complexity index is 1890. The van der Waals surface area contributed by atoms with Crippen LogP contribution in [0.1, 0.15) is 37.9 Å². The first-order valence-corrected chi connectivity index (χ1v) is 14.6. The van der Waals surface area contributed by atoms with Crippen LogP contribution >= 0.6 is 11.3 Å². The van der Waals surface area contributed by atoms with Crippen LogP contribution in [0, 0.1) is 11.3 Å². The number of carbonyl (C=O) groups is 1. The minimum atomic E-state index is -0.710. The Hall–Kier alpha value is -5.14. The second-order valence-electron chi connectivity index (χ2n) is 9.49. The first-order chi connectivity index (χ1) is 20.9. The fourth-order valence-corrected chi connectivity index (χ4v) is 5.87. The number of carbonyl (C=O) groups excluding carboxylic acids is 1. The molecule has 0 aliphatic carbocycles. The van der Waals surface area contributed by atoms with Crippen LogP contribution in [0.15, 0.2) is 93.9 Å². The molecule has 1 atom stereocenters. The van der Waals surface area contributed by atoms with Crippen LogP contribution in [0.2, 0.25) is 0 Å². The van der Waals surface area contributed by atoms with E-state index in [1.165, 1.54) is 11.3 Å². The van der Waals surface area contributed by atoms with Gasteiger partial charge in [0.1, 0.15) is 11.8 Å². The van der Waals surface area contributed by atoms with Gasteiger partial charge in [0, 0.05) is 5.69 Å². The van der Waals surface area contributed by atoms with Crippen LogP contribution in [0.3, 0.4) is 0 Å². The number of allylic oxidation sites excluding steroid dienone is 1. The lowest BCUT2D eigenvalue weighted by Crippen LogP contribution is -2.40. The molecule has 1 aliphatic rings. The maximum absolute atomic E-state index is 14.0. The molecule has 0 bridgehead atoms. The molecule has 4 aromatic rings. The number of fused-ring (bicyclic) bond motifs is 1. The second-order valence-corrected chi connectivity index (χ2v) is 10.5. The first-order valence-electron chi connectivity index (χ1n) is 13.8. The Balaban J connectivity index is 1.62. The molecule has 0 fully saturated rings. The third kappa shape index (κ3) is 6.37. The van der Waals surface area contributed by atoms with Crippen molar-refractivity contribution in [3.05, 3.63) is 115 Å². The maximum atomic E-state index is 14.0. The van der Waals surface area contributed by atoms with Gasteiger partial charge in [0.25, 0.3) is 11.5 Å². The molecule has 0 radical (unpaired) electrons. The van der Waals surface area contributed by atoms with Crippen LogP contribution < -0.4 is 34.4 Å². The minimum absolute atomic E-state index is 0.108. The van der Waals surface area contributed by atoms with Crippen molar-refractivity contribution in [1.82, 2.24) is 4.57 Å². The van der Waals surface area contributed by atoms with Gasteiger partial charge in [-0.1, -0.05) is 47.7 Å². The zero-order valence-electron chi connectivity index (χ0n) is 24.0. The van der Waals surface area contributed by atoms with Crippen molar-refractivity contribution in [1.29, 1.82) is 5.26 Å². The molecule has 1 amide bonds. The summed E-state index contributed by atoms with van der Waals surface area (Å²) in [4.78, 5) is 33.0. The van der Waals surface area contributed by atoms with Gasteiger partial charge >= 0.3 is 0 Å². The number of anilines is 1. The van der Waals surface area contributed by atoms with E-state index in [2.05, 4.69) is 5.32 Å². The van der Waals surface area contributed by atoms with Gasteiger partial charge in [-0.05, 0) is 74.4 Å². The monoisotopic (exact) mass is 594 g/mol. The van der Waals surface area contributed by atoms with Crippen LogP contribution in [0.4, 0.5) is 5.69 Å². The van der Waals surface area contributed by atoms with Crippen LogP contribution in [0.25, 0.3) is 6.08 Å². The SMILES string of the molecule is CCOc1ccc([C@H]2C(C(=O)Nc3ccccc3)=C(C)N=c3s/c(=C\c4ccc(OCC#N)c(OCC)c4)c(=O)n32)cc1. The highest BCUT2D eigenvalue weighted by Gasteiger charge is 2.32. The van der Waals surface area contributed by atoms with Gasteiger partial charge in [0.15, 0.2) is 22.9 Å². The molecule has 2 heterocycles. The summed E-state index contributed by atoms with van der Waals surface area (Å²) < 4.78 is 18.8. The van der Waals surface area contributed by atoms with Gasteiger partial charge in [-0.15, -0.1) is 0 Å². The molecule has 0 saturated heterocycles. The highest BCUT2D eigenvalue weighted by molar-refractivity contribution is 7.07. The number of amides is 1. The Morgan fingerprint density at radius 1 is 1.02 bits per heavy atom. The summed E-state index contributed by atoms with van der Waals surface area (Å²) in [6.07, 6.45) is 1.76. The molecule has 43 heavy (non-hydrogen) atoms. The average Bonchev–Trinajstić information content (AvgIpc) is 3.31. The van der Waals surface area contributed by atoms with Gasteiger partial charge < -0.3 is 19.5 Å². The van der Waals surface area contributed by atoms with Crippen molar-refractivity contribution in [2.24, 2.45) is 4.99 Å². The summed E-state index contributed by atoms with van der Waals surface area (Å²) in [6, 6.07) is 23.1. The van der Waals surface area contributed by atoms with Gasteiger partial charge in [0.05, 0.1) is 35.1 Å². The molecule has 9 nitrogen and oxygen atoms in total. The lowest BCUT2D eigenvalue weighted by molar-refractivity contribution is -0.113. The molecule has 1 N–H and O–H groups in total. The van der Waals surface area contributed by atoms with E-state index in [9.17, 15) is 9.59 Å². The van der Waals surface area contributed by atoms with E-state index >= 15 is 0 Å². The molecule has 0 unspecified atom stereocenters. The van der Waals surface area contributed by atoms with E-state index < -0.39 is 6.04 Å². The third-order valence-corrected chi connectivity index (χ3v) is 7.65. The summed E-state index contributed by atoms with van der Waals surface area (Å²) in [6.45, 7) is 6.37. The van der Waals surface area contributed by atoms with E-state index in [4.69, 9.17) is 24.5 Å². The van der Waals surface area contributed by atoms with Crippen molar-refractivity contribution < 1.29 is 19.0 Å². The quantitative estimate of drug-likeness (QED) is 0.288. The number of nitriles is 1. The highest BCUT2D eigenvalue weighted by atomic mass is 32.1. The molecular formula is C33H30N4O5S. The van der Waals surface area contributed by atoms with Crippen molar-refractivity contribution in [2.45, 2.75) is 26.8 Å². The van der Waals surface area contributed by atoms with Crippen molar-refractivity contribution in [3.8, 4) is 23.3 Å². The van der Waals surface area contributed by atoms with Crippen LogP contribution in [-0.2, 0) is 4.79 Å². The predicted octanol–water partition coefficient (Wildman–Crippen LogP) is 4.57. The third-order valence-electron chi connectivity index (χ3n) is 6.66. The molecule has 1 aliphatic heterocycles. The maximum Gasteiger partial charge on any atom is 0.271 e. The average molecular weight is 595 g/mol. The van der Waals surface area contributed by atoms with E-state index in [1.54, 1.807) is 35.8 Å². The fraction of sp³-hybridized carbons (Fsp3) is 0.212. The lowest BCUT2D eigenvalue weighted by Gasteiger charge is -2.25. The zero-order chi connectivity index (χ0) is 30.3. The first kappa shape index (κ1) is 29.4. The Morgan fingerprint density at radius 3 is 2.47 bits per heavy atom. The second kappa shape index (κ2) is 13.2. The topological polar surface area (TPSA) is 115 Å². The number of hydrogen-bond acceptors (Lipinski definition) is 8. The van der Waals surface area contributed by atoms with Gasteiger partial charge in [-0.2, -0.15) is 5.26 Å². The normalized spacial score (nSPS) is 14.4. The molecule has 1 aromatic heterocycles. The number of nitrogens with one attached hydrogen (secondary N) is 1. The largest absolute Gasteiger partial charge is 0.494 e. The molecule has 3 aromatic carbocycles. The number of para-hydroxylation sites is 1. The number of ether oxygens (including phenoxy) is 3. The van der Waals surface area contributed by atoms with Gasteiger partial charge in [-0.25, -0.2) is 4.99 Å². The summed E-state index contributed by atoms with van der Waals surface area (Å²) in [5.74, 6) is 1.28. The van der Waals surface area contributed by atoms with E-state index in [0.717, 1.165) is 5.56 Å². The molecule has 5 rings (SSSR count). The van der Waals surface area contributed by atoms with Gasteiger partial charge in [0.2, 0.25) is 0 Å². The van der Waals surface area contributed by atoms with Gasteiger partial charge in [-0.3, -0.25) is 14.2 Å². The standard InChI is InChI=1S/C33H30N4O5S/c1-4-40-25-14-12-23(13-15-25)30-29(31(38)36-24-9-7-6-8-10-24)21(3)35-33-37(30)32(39)28(43-33)20-22-11-16-26(42-18-17-34)27(19-22)41-5-2/h6-16,19-20,30H,4-5,18H2,1-3H3,(H,36,38)/b28-20-/t30-/m0/s1.